The number of nitrogens with one attached hydrogen (secondary N) is 2. The minimum absolute atomic E-state index is 0.0325. The monoisotopic (exact) mass is 737 g/mol. The predicted molar refractivity (Wildman–Crippen MR) is 203 cm³/mol. The molecule has 12 nitrogen and oxygen atoms in total. The lowest BCUT2D eigenvalue weighted by atomic mass is 9.99. The molecule has 0 aliphatic carbocycles. The number of benzene rings is 2. The third kappa shape index (κ3) is 8.49. The molecule has 3 aliphatic rings. The summed E-state index contributed by atoms with van der Waals surface area (Å²) in [6.07, 6.45) is 12.3. The second kappa shape index (κ2) is 16.7. The Morgan fingerprint density at radius 2 is 1.89 bits per heavy atom. The van der Waals surface area contributed by atoms with Crippen molar-refractivity contribution >= 4 is 17.4 Å². The Kier molecular flexibility index (Phi) is 11.4. The van der Waals surface area contributed by atoms with E-state index >= 15 is 4.39 Å². The molecular weight excluding hydrogens is 693 g/mol. The second-order valence-corrected chi connectivity index (χ2v) is 13.7. The number of rotatable bonds is 11. The molecule has 4 N–H and O–H groups in total. The number of nitrogens with zero attached hydrogens (tertiary/aromatic N) is 2. The van der Waals surface area contributed by atoms with E-state index in [0.717, 1.165) is 24.0 Å². The Morgan fingerprint density at radius 1 is 1.04 bits per heavy atom. The molecule has 5 heterocycles. The van der Waals surface area contributed by atoms with Gasteiger partial charge in [0.1, 0.15) is 29.9 Å². The fourth-order valence-electron chi connectivity index (χ4n) is 6.78. The van der Waals surface area contributed by atoms with Crippen LogP contribution in [0.5, 0.6) is 11.5 Å². The summed E-state index contributed by atoms with van der Waals surface area (Å²) >= 11 is 0. The van der Waals surface area contributed by atoms with E-state index in [4.69, 9.17) is 29.4 Å². The number of carbonyl (C=O) groups excluding carboxylic acids is 1. The van der Waals surface area contributed by atoms with Crippen molar-refractivity contribution in [3.8, 4) is 33.8 Å². The third-order valence-electron chi connectivity index (χ3n) is 9.78. The van der Waals surface area contributed by atoms with Crippen molar-refractivity contribution in [2.24, 2.45) is 5.92 Å². The van der Waals surface area contributed by atoms with Gasteiger partial charge in [0.15, 0.2) is 16.9 Å². The highest BCUT2D eigenvalue weighted by atomic mass is 19.1. The smallest absolute Gasteiger partial charge is 0.261 e. The van der Waals surface area contributed by atoms with Gasteiger partial charge in [-0.1, -0.05) is 18.2 Å². The van der Waals surface area contributed by atoms with Gasteiger partial charge in [0, 0.05) is 72.5 Å². The van der Waals surface area contributed by atoms with Gasteiger partial charge in [0.2, 0.25) is 0 Å². The third-order valence-corrected chi connectivity index (χ3v) is 9.78. The van der Waals surface area contributed by atoms with Gasteiger partial charge in [-0.2, -0.15) is 0 Å². The molecule has 4 aromatic rings. The molecule has 0 spiro atoms. The van der Waals surface area contributed by atoms with Crippen molar-refractivity contribution < 1.29 is 32.9 Å². The summed E-state index contributed by atoms with van der Waals surface area (Å²) in [5.74, 6) is 0.273. The summed E-state index contributed by atoms with van der Waals surface area (Å²) in [7, 11) is 1.55. The predicted octanol–water partition coefficient (Wildman–Crippen LogP) is 5.88. The van der Waals surface area contributed by atoms with Crippen LogP contribution in [0.1, 0.15) is 41.7 Å². The molecule has 2 aromatic carbocycles. The van der Waals surface area contributed by atoms with E-state index < -0.39 is 23.2 Å². The van der Waals surface area contributed by atoms with E-state index in [0.29, 0.717) is 80.3 Å². The summed E-state index contributed by atoms with van der Waals surface area (Å²) in [6, 6.07) is 11.1. The van der Waals surface area contributed by atoms with Gasteiger partial charge >= 0.3 is 0 Å². The summed E-state index contributed by atoms with van der Waals surface area (Å²) in [6.45, 7) is 5.82. The number of methoxy groups -OCH3 is 1. The van der Waals surface area contributed by atoms with E-state index in [2.05, 4.69) is 15.6 Å². The van der Waals surface area contributed by atoms with Crippen LogP contribution in [-0.4, -0.2) is 68.3 Å². The summed E-state index contributed by atoms with van der Waals surface area (Å²) in [5, 5.41) is 5.98. The zero-order valence-electron chi connectivity index (χ0n) is 30.3. The molecule has 13 heteroatoms. The molecule has 54 heavy (non-hydrogen) atoms. The van der Waals surface area contributed by atoms with Crippen molar-refractivity contribution in [1.82, 2.24) is 14.9 Å². The lowest BCUT2D eigenvalue weighted by molar-refractivity contribution is -0.101. The summed E-state index contributed by atoms with van der Waals surface area (Å²) in [5.41, 5.74) is 9.48. The van der Waals surface area contributed by atoms with Gasteiger partial charge in [-0.05, 0) is 73.2 Å². The first-order valence-electron chi connectivity index (χ1n) is 18.1. The maximum atomic E-state index is 15.9. The first kappa shape index (κ1) is 36.8. The zero-order chi connectivity index (χ0) is 37.6. The van der Waals surface area contributed by atoms with Crippen LogP contribution >= 0.6 is 0 Å². The zero-order valence-corrected chi connectivity index (χ0v) is 30.3. The lowest BCUT2D eigenvalue weighted by Crippen LogP contribution is -2.33. The molecule has 3 aliphatic heterocycles. The van der Waals surface area contributed by atoms with Gasteiger partial charge in [0.05, 0.1) is 33.0 Å². The van der Waals surface area contributed by atoms with E-state index in [1.165, 1.54) is 12.1 Å². The number of carbonyl (C=O) groups is 1. The molecule has 2 atom stereocenters. The highest BCUT2D eigenvalue weighted by Crippen LogP contribution is 2.36. The highest BCUT2D eigenvalue weighted by molar-refractivity contribution is 6.04. The Bertz CT molecular complexity index is 2120. The van der Waals surface area contributed by atoms with Gasteiger partial charge in [-0.15, -0.1) is 0 Å². The average molecular weight is 738 g/mol. The topological polar surface area (TPSA) is 148 Å². The SMILES string of the molecule is COc1cc(-c2cnc(N)c(-c3ccc(NC(=O)c4cn(CC5CCOCC5)cc(C5C=CC(C)=CN5)c4=O)cc3F)c2)ccc1OC[C@@H]1COCCO1. The molecule has 0 saturated carbocycles. The minimum atomic E-state index is -0.634. The van der Waals surface area contributed by atoms with Crippen molar-refractivity contribution in [3.63, 3.8) is 0 Å². The first-order chi connectivity index (χ1) is 26.2. The summed E-state index contributed by atoms with van der Waals surface area (Å²) < 4.78 is 46.0. The van der Waals surface area contributed by atoms with Gasteiger partial charge in [-0.3, -0.25) is 9.59 Å². The number of aromatic nitrogens is 2. The van der Waals surface area contributed by atoms with E-state index in [9.17, 15) is 9.59 Å². The number of nitrogen functional groups attached to an aromatic ring is 1. The number of ether oxygens (including phenoxy) is 5. The Balaban J connectivity index is 1.11. The quantitative estimate of drug-likeness (QED) is 0.170. The number of amides is 1. The van der Waals surface area contributed by atoms with Crippen LogP contribution in [0.2, 0.25) is 0 Å². The maximum absolute atomic E-state index is 15.9. The fourth-order valence-corrected chi connectivity index (χ4v) is 6.78. The largest absolute Gasteiger partial charge is 0.493 e. The molecular formula is C41H44FN5O7. The van der Waals surface area contributed by atoms with Gasteiger partial charge in [0.25, 0.3) is 5.91 Å². The van der Waals surface area contributed by atoms with Crippen LogP contribution in [-0.2, 0) is 20.8 Å². The number of dihydropyridines is 1. The van der Waals surface area contributed by atoms with Crippen LogP contribution in [0.25, 0.3) is 22.3 Å². The number of halogens is 1. The molecule has 2 aromatic heterocycles. The molecule has 7 rings (SSSR count). The normalized spacial score (nSPS) is 18.8. The summed E-state index contributed by atoms with van der Waals surface area (Å²) in [4.78, 5) is 31.8. The van der Waals surface area contributed by atoms with E-state index in [-0.39, 0.29) is 28.7 Å². The van der Waals surface area contributed by atoms with Crippen LogP contribution in [0.4, 0.5) is 15.9 Å². The number of hydrogen-bond acceptors (Lipinski definition) is 10. The molecule has 2 saturated heterocycles. The van der Waals surface area contributed by atoms with Crippen LogP contribution in [0.3, 0.4) is 0 Å². The van der Waals surface area contributed by atoms with Crippen LogP contribution < -0.4 is 31.3 Å². The van der Waals surface area contributed by atoms with Crippen molar-refractivity contribution in [1.29, 1.82) is 0 Å². The van der Waals surface area contributed by atoms with E-state index in [1.54, 1.807) is 37.7 Å². The fraction of sp³-hybridized carbons (Fsp3) is 0.341. The van der Waals surface area contributed by atoms with Gasteiger partial charge in [-0.25, -0.2) is 9.37 Å². The Morgan fingerprint density at radius 3 is 2.63 bits per heavy atom. The first-order valence-corrected chi connectivity index (χ1v) is 18.1. The highest BCUT2D eigenvalue weighted by Gasteiger charge is 2.23. The molecule has 1 unspecified atom stereocenters. The molecule has 0 radical (unpaired) electrons. The van der Waals surface area contributed by atoms with E-state index in [1.807, 2.05) is 48.2 Å². The maximum Gasteiger partial charge on any atom is 0.261 e. The molecule has 282 valence electrons. The number of pyridine rings is 2. The second-order valence-electron chi connectivity index (χ2n) is 13.7. The molecule has 1 amide bonds. The minimum Gasteiger partial charge on any atom is -0.493 e. The standard InChI is InChI=1S/C41H44FN5O7/c1-25-3-7-36(44-18-25)33-21-47(20-26-9-11-51-12-10-26)22-34(39(33)48)41(49)46-29-5-6-31(35(42)17-29)32-15-28(19-45-40(32)43)27-4-8-37(38(16-27)50-2)54-24-30-23-52-13-14-53-30/h3-8,15-19,21-22,26,30,36,44H,9-14,20,23-24H2,1-2H3,(H2,43,45)(H,46,49)/t30-,36?/m0/s1. The molecule has 2 fully saturated rings. The van der Waals surface area contributed by atoms with Crippen molar-refractivity contribution in [2.75, 3.05) is 57.8 Å². The van der Waals surface area contributed by atoms with Crippen LogP contribution in [0, 0.1) is 11.7 Å². The number of hydrogen-bond donors (Lipinski definition) is 3. The number of allylic oxidation sites excluding steroid dienone is 2. The average Bonchev–Trinajstić information content (AvgIpc) is 3.19. The van der Waals surface area contributed by atoms with Crippen LogP contribution in [0.15, 0.2) is 89.8 Å². The van der Waals surface area contributed by atoms with Crippen molar-refractivity contribution in [2.45, 2.75) is 38.5 Å². The lowest BCUT2D eigenvalue weighted by Gasteiger charge is -2.25. The number of nitrogens with two attached hydrogens (primary N) is 1. The number of anilines is 2. The Labute approximate surface area is 312 Å². The van der Waals surface area contributed by atoms with Crippen molar-refractivity contribution in [3.05, 3.63) is 112 Å². The van der Waals surface area contributed by atoms with Gasteiger partial charge < -0.3 is 44.6 Å². The molecule has 0 bridgehead atoms. The Hall–Kier alpha value is -5.50.